The summed E-state index contributed by atoms with van der Waals surface area (Å²) in [5, 5.41) is 0. The number of nitrogens with zero attached hydrogens (tertiary/aromatic N) is 1. The number of benzene rings is 1. The van der Waals surface area contributed by atoms with E-state index in [0.29, 0.717) is 36.8 Å². The number of carbonyl (C=O) groups is 1. The normalized spacial score (nSPS) is 12.3. The van der Waals surface area contributed by atoms with Crippen LogP contribution in [0, 0.1) is 12.3 Å². The molecule has 0 radical (unpaired) electrons. The molecule has 20 heavy (non-hydrogen) atoms. The standard InChI is InChI=1S/C15H17NO4/c1-4-8-16(3)9-11-6-7-12-14(20-10-19-12)13(11)15(17)18-5-2/h1,6-7H,5,8-10H2,2-3H3. The van der Waals surface area contributed by atoms with Crippen molar-refractivity contribution >= 4 is 5.97 Å². The van der Waals surface area contributed by atoms with Crippen LogP contribution in [0.5, 0.6) is 11.5 Å². The molecule has 0 atom stereocenters. The first kappa shape index (κ1) is 14.2. The second-order valence-electron chi connectivity index (χ2n) is 4.43. The predicted octanol–water partition coefficient (Wildman–Crippen LogP) is 1.66. The second-order valence-corrected chi connectivity index (χ2v) is 4.43. The van der Waals surface area contributed by atoms with E-state index in [9.17, 15) is 4.79 Å². The second kappa shape index (κ2) is 6.31. The maximum Gasteiger partial charge on any atom is 0.342 e. The molecule has 0 spiro atoms. The van der Waals surface area contributed by atoms with Gasteiger partial charge in [0.1, 0.15) is 5.56 Å². The van der Waals surface area contributed by atoms with Crippen LogP contribution in [-0.2, 0) is 11.3 Å². The smallest absolute Gasteiger partial charge is 0.342 e. The van der Waals surface area contributed by atoms with Crippen molar-refractivity contribution in [2.24, 2.45) is 0 Å². The average Bonchev–Trinajstić information content (AvgIpc) is 2.87. The minimum Gasteiger partial charge on any atom is -0.462 e. The fraction of sp³-hybridized carbons (Fsp3) is 0.400. The Morgan fingerprint density at radius 2 is 2.30 bits per heavy atom. The molecule has 1 heterocycles. The van der Waals surface area contributed by atoms with Crippen LogP contribution in [0.4, 0.5) is 0 Å². The molecule has 0 unspecified atom stereocenters. The Bertz CT molecular complexity index is 548. The van der Waals surface area contributed by atoms with Gasteiger partial charge in [-0.25, -0.2) is 4.79 Å². The molecule has 0 N–H and O–H groups in total. The van der Waals surface area contributed by atoms with Gasteiger partial charge in [0.2, 0.25) is 6.79 Å². The SMILES string of the molecule is C#CCN(C)Cc1ccc2c(c1C(=O)OCC)OCO2. The third-order valence-corrected chi connectivity index (χ3v) is 2.91. The summed E-state index contributed by atoms with van der Waals surface area (Å²) in [7, 11) is 1.89. The zero-order valence-electron chi connectivity index (χ0n) is 11.6. The van der Waals surface area contributed by atoms with Gasteiger partial charge in [-0.15, -0.1) is 6.42 Å². The van der Waals surface area contributed by atoms with Crippen LogP contribution in [0.15, 0.2) is 12.1 Å². The summed E-state index contributed by atoms with van der Waals surface area (Å²) in [5.74, 6) is 3.18. The molecule has 0 saturated heterocycles. The Morgan fingerprint density at radius 1 is 1.50 bits per heavy atom. The monoisotopic (exact) mass is 275 g/mol. The van der Waals surface area contributed by atoms with Gasteiger partial charge in [0.25, 0.3) is 0 Å². The van der Waals surface area contributed by atoms with E-state index in [1.54, 1.807) is 13.0 Å². The Labute approximate surface area is 118 Å². The van der Waals surface area contributed by atoms with E-state index in [4.69, 9.17) is 20.6 Å². The van der Waals surface area contributed by atoms with Gasteiger partial charge in [-0.2, -0.15) is 0 Å². The highest BCUT2D eigenvalue weighted by Crippen LogP contribution is 2.38. The van der Waals surface area contributed by atoms with Gasteiger partial charge in [-0.3, -0.25) is 4.90 Å². The van der Waals surface area contributed by atoms with Crippen molar-refractivity contribution in [1.29, 1.82) is 0 Å². The van der Waals surface area contributed by atoms with Crippen molar-refractivity contribution < 1.29 is 19.0 Å². The van der Waals surface area contributed by atoms with Crippen molar-refractivity contribution in [3.63, 3.8) is 0 Å². The van der Waals surface area contributed by atoms with Crippen LogP contribution in [0.25, 0.3) is 0 Å². The largest absolute Gasteiger partial charge is 0.462 e. The Kier molecular flexibility index (Phi) is 4.49. The minimum absolute atomic E-state index is 0.116. The average molecular weight is 275 g/mol. The zero-order chi connectivity index (χ0) is 14.5. The third kappa shape index (κ3) is 2.86. The maximum atomic E-state index is 12.1. The predicted molar refractivity (Wildman–Crippen MR) is 73.7 cm³/mol. The van der Waals surface area contributed by atoms with E-state index in [1.807, 2.05) is 18.0 Å². The summed E-state index contributed by atoms with van der Waals surface area (Å²) in [6.45, 7) is 3.22. The van der Waals surface area contributed by atoms with E-state index < -0.39 is 5.97 Å². The first-order valence-corrected chi connectivity index (χ1v) is 6.38. The lowest BCUT2D eigenvalue weighted by atomic mass is 10.0. The number of carbonyl (C=O) groups excluding carboxylic acids is 1. The number of hydrogen-bond donors (Lipinski definition) is 0. The molecule has 5 heteroatoms. The van der Waals surface area contributed by atoms with E-state index in [-0.39, 0.29) is 6.79 Å². The van der Waals surface area contributed by atoms with Gasteiger partial charge in [0.05, 0.1) is 13.2 Å². The molecule has 0 amide bonds. The highest BCUT2D eigenvalue weighted by molar-refractivity contribution is 5.95. The molecule has 0 fully saturated rings. The molecule has 1 aromatic carbocycles. The van der Waals surface area contributed by atoms with Gasteiger partial charge < -0.3 is 14.2 Å². The number of esters is 1. The molecule has 106 valence electrons. The topological polar surface area (TPSA) is 48.0 Å². The summed E-state index contributed by atoms with van der Waals surface area (Å²) in [5.41, 5.74) is 1.23. The van der Waals surface area contributed by atoms with Crippen LogP contribution in [0.2, 0.25) is 0 Å². The minimum atomic E-state index is -0.404. The van der Waals surface area contributed by atoms with Crippen LogP contribution < -0.4 is 9.47 Å². The summed E-state index contributed by atoms with van der Waals surface area (Å²) < 4.78 is 15.8. The Hall–Kier alpha value is -2.19. The fourth-order valence-electron chi connectivity index (χ4n) is 2.07. The summed E-state index contributed by atoms with van der Waals surface area (Å²) >= 11 is 0. The molecule has 0 bridgehead atoms. The Morgan fingerprint density at radius 3 is 3.00 bits per heavy atom. The molecule has 1 aliphatic rings. The Balaban J connectivity index is 2.36. The lowest BCUT2D eigenvalue weighted by molar-refractivity contribution is 0.0519. The third-order valence-electron chi connectivity index (χ3n) is 2.91. The van der Waals surface area contributed by atoms with E-state index in [2.05, 4.69) is 5.92 Å². The van der Waals surface area contributed by atoms with Gasteiger partial charge in [-0.05, 0) is 25.6 Å². The van der Waals surface area contributed by atoms with Gasteiger partial charge in [0.15, 0.2) is 11.5 Å². The van der Waals surface area contributed by atoms with Crippen molar-refractivity contribution in [2.45, 2.75) is 13.5 Å². The van der Waals surface area contributed by atoms with Crippen molar-refractivity contribution in [2.75, 3.05) is 27.0 Å². The lowest BCUT2D eigenvalue weighted by Crippen LogP contribution is -2.20. The van der Waals surface area contributed by atoms with Crippen molar-refractivity contribution in [1.82, 2.24) is 4.90 Å². The fourth-order valence-corrected chi connectivity index (χ4v) is 2.07. The van der Waals surface area contributed by atoms with E-state index in [1.165, 1.54) is 0 Å². The van der Waals surface area contributed by atoms with Crippen molar-refractivity contribution in [3.05, 3.63) is 23.3 Å². The molecule has 2 rings (SSSR count). The molecule has 0 aliphatic carbocycles. The number of terminal acetylenes is 1. The van der Waals surface area contributed by atoms with Crippen LogP contribution in [-0.4, -0.2) is 37.9 Å². The number of rotatable bonds is 5. The highest BCUT2D eigenvalue weighted by atomic mass is 16.7. The number of hydrogen-bond acceptors (Lipinski definition) is 5. The van der Waals surface area contributed by atoms with Crippen LogP contribution >= 0.6 is 0 Å². The van der Waals surface area contributed by atoms with Gasteiger partial charge >= 0.3 is 5.97 Å². The molecule has 0 saturated carbocycles. The molecular weight excluding hydrogens is 258 g/mol. The summed E-state index contributed by atoms with van der Waals surface area (Å²) in [4.78, 5) is 14.1. The zero-order valence-corrected chi connectivity index (χ0v) is 11.6. The quantitative estimate of drug-likeness (QED) is 0.604. The lowest BCUT2D eigenvalue weighted by Gasteiger charge is -2.17. The van der Waals surface area contributed by atoms with Gasteiger partial charge in [-0.1, -0.05) is 12.0 Å². The maximum absolute atomic E-state index is 12.1. The number of fused-ring (bicyclic) bond motifs is 1. The van der Waals surface area contributed by atoms with Gasteiger partial charge in [0, 0.05) is 6.54 Å². The highest BCUT2D eigenvalue weighted by Gasteiger charge is 2.26. The van der Waals surface area contributed by atoms with Crippen LogP contribution in [0.3, 0.4) is 0 Å². The number of ether oxygens (including phenoxy) is 3. The molecule has 1 aromatic rings. The van der Waals surface area contributed by atoms with Crippen LogP contribution in [0.1, 0.15) is 22.8 Å². The first-order valence-electron chi connectivity index (χ1n) is 6.38. The molecule has 1 aliphatic heterocycles. The molecule has 0 aromatic heterocycles. The summed E-state index contributed by atoms with van der Waals surface area (Å²) in [6.07, 6.45) is 5.29. The summed E-state index contributed by atoms with van der Waals surface area (Å²) in [6, 6.07) is 3.64. The molecule has 5 nitrogen and oxygen atoms in total. The van der Waals surface area contributed by atoms with E-state index >= 15 is 0 Å². The van der Waals surface area contributed by atoms with E-state index in [0.717, 1.165) is 5.56 Å². The first-order chi connectivity index (χ1) is 9.67. The van der Waals surface area contributed by atoms with Crippen molar-refractivity contribution in [3.8, 4) is 23.8 Å². The molecular formula is C15H17NO4.